The van der Waals surface area contributed by atoms with Gasteiger partial charge in [0.2, 0.25) is 0 Å². The molecule has 0 heterocycles. The van der Waals surface area contributed by atoms with Crippen LogP contribution in [0.1, 0.15) is 29.8 Å². The molecule has 156 valence electrons. The third-order valence-corrected chi connectivity index (χ3v) is 4.97. The highest BCUT2D eigenvalue weighted by Gasteiger charge is 2.19. The van der Waals surface area contributed by atoms with E-state index in [-0.39, 0.29) is 30.3 Å². The van der Waals surface area contributed by atoms with Gasteiger partial charge in [-0.2, -0.15) is 0 Å². The maximum atomic E-state index is 12.5. The molecule has 1 atom stereocenters. The van der Waals surface area contributed by atoms with Gasteiger partial charge in [0.05, 0.1) is 20.3 Å². The van der Waals surface area contributed by atoms with Gasteiger partial charge in [0.25, 0.3) is 0 Å². The topological polar surface area (TPSA) is 97.4 Å². The number of esters is 2. The molecule has 0 spiro atoms. The Kier molecular flexibility index (Phi) is 7.96. The number of hydrogen-bond acceptors (Lipinski definition) is 8. The van der Waals surface area contributed by atoms with E-state index in [1.54, 1.807) is 31.2 Å². The summed E-state index contributed by atoms with van der Waals surface area (Å²) in [6.45, 7) is 4.63. The van der Waals surface area contributed by atoms with E-state index in [2.05, 4.69) is 0 Å². The summed E-state index contributed by atoms with van der Waals surface area (Å²) >= 11 is 0. The zero-order valence-corrected chi connectivity index (χ0v) is 17.6. The van der Waals surface area contributed by atoms with E-state index in [9.17, 15) is 14.2 Å². The van der Waals surface area contributed by atoms with Gasteiger partial charge >= 0.3 is 19.5 Å². The summed E-state index contributed by atoms with van der Waals surface area (Å²) in [5.41, 5.74) is 0.715. The average Bonchev–Trinajstić information content (AvgIpc) is 2.66. The summed E-state index contributed by atoms with van der Waals surface area (Å²) in [7, 11) is -1.71. The molecule has 0 amide bonds. The molecule has 9 heteroatoms. The van der Waals surface area contributed by atoms with Crippen molar-refractivity contribution in [2.24, 2.45) is 0 Å². The zero-order valence-electron chi connectivity index (χ0n) is 16.7. The highest BCUT2D eigenvalue weighted by atomic mass is 31.2. The van der Waals surface area contributed by atoms with Gasteiger partial charge in [-0.05, 0) is 31.2 Å². The second-order valence-electron chi connectivity index (χ2n) is 5.92. The molecular weight excluding hydrogens is 399 g/mol. The first kappa shape index (κ1) is 22.6. The lowest BCUT2D eigenvalue weighted by Gasteiger charge is -2.15. The van der Waals surface area contributed by atoms with Crippen molar-refractivity contribution >= 4 is 19.5 Å². The van der Waals surface area contributed by atoms with E-state index in [0.717, 1.165) is 0 Å². The lowest BCUT2D eigenvalue weighted by molar-refractivity contribution is -0.131. The normalized spacial score (nSPS) is 12.7. The lowest BCUT2D eigenvalue weighted by Crippen LogP contribution is -2.12. The van der Waals surface area contributed by atoms with Gasteiger partial charge in [-0.15, -0.1) is 0 Å². The van der Waals surface area contributed by atoms with Crippen molar-refractivity contribution < 1.29 is 37.4 Å². The standard InChI is InChI=1S/C20H23O8P/c1-5-25-29(4,23)26-13-15-10-11-16(12-19(15)24-3)28-20(22)17-8-6-7-9-18(17)27-14(2)21/h6-12H,5,13H2,1-4H3. The van der Waals surface area contributed by atoms with Gasteiger partial charge in [0, 0.05) is 25.2 Å². The van der Waals surface area contributed by atoms with Crippen LogP contribution in [0, 0.1) is 0 Å². The number of ether oxygens (including phenoxy) is 3. The van der Waals surface area contributed by atoms with Crippen molar-refractivity contribution in [3.8, 4) is 17.2 Å². The van der Waals surface area contributed by atoms with Gasteiger partial charge < -0.3 is 23.3 Å². The fourth-order valence-electron chi connectivity index (χ4n) is 2.41. The number of hydrogen-bond donors (Lipinski definition) is 0. The molecule has 0 aromatic heterocycles. The molecule has 1 unspecified atom stereocenters. The number of rotatable bonds is 9. The van der Waals surface area contributed by atoms with Gasteiger partial charge in [-0.1, -0.05) is 12.1 Å². The number of carbonyl (C=O) groups is 2. The second-order valence-corrected chi connectivity index (χ2v) is 7.97. The molecule has 0 aliphatic rings. The van der Waals surface area contributed by atoms with Crippen molar-refractivity contribution in [1.82, 2.24) is 0 Å². The molecule has 2 rings (SSSR count). The van der Waals surface area contributed by atoms with Crippen LogP contribution < -0.4 is 14.2 Å². The first-order valence-electron chi connectivity index (χ1n) is 8.79. The molecule has 2 aromatic rings. The summed E-state index contributed by atoms with van der Waals surface area (Å²) in [6.07, 6.45) is 0. The van der Waals surface area contributed by atoms with E-state index >= 15 is 0 Å². The fraction of sp³-hybridized carbons (Fsp3) is 0.300. The minimum Gasteiger partial charge on any atom is -0.496 e. The van der Waals surface area contributed by atoms with Crippen LogP contribution in [0.2, 0.25) is 0 Å². The second kappa shape index (κ2) is 10.2. The van der Waals surface area contributed by atoms with Crippen molar-refractivity contribution in [2.45, 2.75) is 20.5 Å². The number of benzene rings is 2. The molecule has 0 aliphatic heterocycles. The molecule has 0 N–H and O–H groups in total. The first-order valence-corrected chi connectivity index (χ1v) is 10.8. The summed E-state index contributed by atoms with van der Waals surface area (Å²) in [5, 5.41) is 0. The molecule has 0 saturated carbocycles. The van der Waals surface area contributed by atoms with Crippen LogP contribution in [0.15, 0.2) is 42.5 Å². The average molecular weight is 422 g/mol. The Morgan fingerprint density at radius 3 is 2.38 bits per heavy atom. The minimum absolute atomic E-state index is 0.000459. The molecule has 0 bridgehead atoms. The summed E-state index contributed by atoms with van der Waals surface area (Å²) in [4.78, 5) is 23.7. The van der Waals surface area contributed by atoms with Crippen LogP contribution in [-0.2, 0) is 25.0 Å². The van der Waals surface area contributed by atoms with Crippen LogP contribution in [0.5, 0.6) is 17.2 Å². The van der Waals surface area contributed by atoms with Crippen molar-refractivity contribution in [2.75, 3.05) is 20.4 Å². The van der Waals surface area contributed by atoms with Crippen LogP contribution in [0.25, 0.3) is 0 Å². The Hall–Kier alpha value is -2.67. The maximum Gasteiger partial charge on any atom is 0.347 e. The predicted octanol–water partition coefficient (Wildman–Crippen LogP) is 4.22. The molecule has 0 fully saturated rings. The zero-order chi connectivity index (χ0) is 21.4. The summed E-state index contributed by atoms with van der Waals surface area (Å²) in [5.74, 6) is -0.520. The van der Waals surface area contributed by atoms with Crippen LogP contribution in [0.3, 0.4) is 0 Å². The Morgan fingerprint density at radius 2 is 1.72 bits per heavy atom. The smallest absolute Gasteiger partial charge is 0.347 e. The Labute approximate surface area is 169 Å². The molecule has 0 saturated heterocycles. The van der Waals surface area contributed by atoms with Crippen molar-refractivity contribution in [3.63, 3.8) is 0 Å². The van der Waals surface area contributed by atoms with Crippen molar-refractivity contribution in [3.05, 3.63) is 53.6 Å². The van der Waals surface area contributed by atoms with Crippen LogP contribution >= 0.6 is 7.60 Å². The highest BCUT2D eigenvalue weighted by molar-refractivity contribution is 7.52. The summed E-state index contributed by atoms with van der Waals surface area (Å²) in [6, 6.07) is 11.0. The molecule has 2 aromatic carbocycles. The Morgan fingerprint density at radius 1 is 1.00 bits per heavy atom. The number of para-hydroxylation sites is 1. The third kappa shape index (κ3) is 6.71. The largest absolute Gasteiger partial charge is 0.496 e. The molecular formula is C20H23O8P. The molecule has 0 aliphatic carbocycles. The van der Waals surface area contributed by atoms with Crippen LogP contribution in [0.4, 0.5) is 0 Å². The Balaban J connectivity index is 2.15. The quantitative estimate of drug-likeness (QED) is 0.337. The Bertz CT molecular complexity index is 924. The van der Waals surface area contributed by atoms with Gasteiger partial charge in [0.1, 0.15) is 22.8 Å². The van der Waals surface area contributed by atoms with E-state index in [4.69, 9.17) is 23.3 Å². The fourth-order valence-corrected chi connectivity index (χ4v) is 3.32. The van der Waals surface area contributed by atoms with Crippen molar-refractivity contribution in [1.29, 1.82) is 0 Å². The SMILES string of the molecule is CCOP(C)(=O)OCc1ccc(OC(=O)c2ccccc2OC(C)=O)cc1OC. The molecule has 0 radical (unpaired) electrons. The third-order valence-electron chi connectivity index (χ3n) is 3.65. The van der Waals surface area contributed by atoms with E-state index in [0.29, 0.717) is 11.3 Å². The van der Waals surface area contributed by atoms with Gasteiger partial charge in [0.15, 0.2) is 0 Å². The monoisotopic (exact) mass is 422 g/mol. The molecule has 29 heavy (non-hydrogen) atoms. The first-order chi connectivity index (χ1) is 13.8. The minimum atomic E-state index is -3.16. The predicted molar refractivity (Wildman–Crippen MR) is 106 cm³/mol. The lowest BCUT2D eigenvalue weighted by atomic mass is 10.2. The van der Waals surface area contributed by atoms with E-state index in [1.165, 1.54) is 38.9 Å². The summed E-state index contributed by atoms with van der Waals surface area (Å²) < 4.78 is 38.2. The maximum absolute atomic E-state index is 12.5. The van der Waals surface area contributed by atoms with Gasteiger partial charge in [-0.3, -0.25) is 9.36 Å². The highest BCUT2D eigenvalue weighted by Crippen LogP contribution is 2.45. The van der Waals surface area contributed by atoms with Crippen LogP contribution in [-0.4, -0.2) is 32.3 Å². The molecule has 8 nitrogen and oxygen atoms in total. The van der Waals surface area contributed by atoms with E-state index < -0.39 is 19.5 Å². The van der Waals surface area contributed by atoms with Gasteiger partial charge in [-0.25, -0.2) is 4.79 Å². The number of carbonyl (C=O) groups excluding carboxylic acids is 2. The van der Waals surface area contributed by atoms with E-state index in [1.807, 2.05) is 0 Å². The number of methoxy groups -OCH3 is 1.